The van der Waals surface area contributed by atoms with Crippen LogP contribution >= 0.6 is 0 Å². The zero-order valence-corrected chi connectivity index (χ0v) is 13.0. The van der Waals surface area contributed by atoms with E-state index >= 15 is 0 Å². The van der Waals surface area contributed by atoms with Gasteiger partial charge in [-0.05, 0) is 18.2 Å². The third-order valence-electron chi connectivity index (χ3n) is 4.06. The number of para-hydroxylation sites is 1. The zero-order chi connectivity index (χ0) is 15.8. The average molecular weight is 307 g/mol. The lowest BCUT2D eigenvalue weighted by Gasteiger charge is -2.09. The normalized spacial score (nSPS) is 11.2. The molecule has 116 valence electrons. The maximum Gasteiger partial charge on any atom is 0.241 e. The van der Waals surface area contributed by atoms with Crippen molar-refractivity contribution in [2.45, 2.75) is 6.54 Å². The molecule has 0 atom stereocenters. The number of aryl methyl sites for hydroxylation is 1. The van der Waals surface area contributed by atoms with Crippen LogP contribution in [0.2, 0.25) is 0 Å². The molecular formula is C17H17N5O. The molecule has 4 rings (SSSR count). The lowest BCUT2D eigenvalue weighted by molar-refractivity contribution is 0.401. The van der Waals surface area contributed by atoms with E-state index in [1.54, 1.807) is 7.11 Å². The van der Waals surface area contributed by atoms with Crippen LogP contribution in [0.15, 0.2) is 42.6 Å². The number of H-pyrrole nitrogens is 1. The van der Waals surface area contributed by atoms with E-state index in [2.05, 4.69) is 26.1 Å². The summed E-state index contributed by atoms with van der Waals surface area (Å²) in [5.41, 5.74) is 2.95. The highest BCUT2D eigenvalue weighted by Gasteiger charge is 2.15. The molecule has 3 heterocycles. The maximum atomic E-state index is 5.40. The SMILES string of the molecule is COc1n[nH]c2c(NCc3cccn3C)nc3ccccc3c12. The van der Waals surface area contributed by atoms with Gasteiger partial charge >= 0.3 is 0 Å². The van der Waals surface area contributed by atoms with Crippen LogP contribution in [0.25, 0.3) is 21.8 Å². The van der Waals surface area contributed by atoms with Crippen molar-refractivity contribution in [3.8, 4) is 5.88 Å². The van der Waals surface area contributed by atoms with Crippen molar-refractivity contribution in [3.05, 3.63) is 48.3 Å². The molecule has 6 heteroatoms. The number of rotatable bonds is 4. The Hall–Kier alpha value is -3.02. The summed E-state index contributed by atoms with van der Waals surface area (Å²) in [4.78, 5) is 4.73. The van der Waals surface area contributed by atoms with Gasteiger partial charge in [-0.2, -0.15) is 0 Å². The van der Waals surface area contributed by atoms with Gasteiger partial charge in [0.15, 0.2) is 5.82 Å². The van der Waals surface area contributed by atoms with Crippen molar-refractivity contribution in [1.29, 1.82) is 0 Å². The summed E-state index contributed by atoms with van der Waals surface area (Å²) in [5, 5.41) is 12.7. The van der Waals surface area contributed by atoms with E-state index in [1.807, 2.05) is 43.6 Å². The molecule has 0 unspecified atom stereocenters. The van der Waals surface area contributed by atoms with Crippen molar-refractivity contribution in [2.24, 2.45) is 7.05 Å². The number of methoxy groups -OCH3 is 1. The Morgan fingerprint density at radius 3 is 2.87 bits per heavy atom. The van der Waals surface area contributed by atoms with E-state index in [0.717, 1.165) is 27.6 Å². The van der Waals surface area contributed by atoms with E-state index in [9.17, 15) is 0 Å². The van der Waals surface area contributed by atoms with E-state index in [4.69, 9.17) is 9.72 Å². The second kappa shape index (κ2) is 5.31. The minimum absolute atomic E-state index is 0.584. The summed E-state index contributed by atoms with van der Waals surface area (Å²) < 4.78 is 7.48. The fourth-order valence-electron chi connectivity index (χ4n) is 2.84. The summed E-state index contributed by atoms with van der Waals surface area (Å²) >= 11 is 0. The summed E-state index contributed by atoms with van der Waals surface area (Å²) in [6, 6.07) is 12.1. The van der Waals surface area contributed by atoms with Gasteiger partial charge < -0.3 is 14.6 Å². The molecule has 2 N–H and O–H groups in total. The first-order valence-corrected chi connectivity index (χ1v) is 7.43. The summed E-state index contributed by atoms with van der Waals surface area (Å²) in [7, 11) is 3.65. The fourth-order valence-corrected chi connectivity index (χ4v) is 2.84. The molecule has 0 spiro atoms. The Labute approximate surface area is 133 Å². The number of nitrogens with one attached hydrogen (secondary N) is 2. The Morgan fingerprint density at radius 1 is 1.22 bits per heavy atom. The van der Waals surface area contributed by atoms with Crippen LogP contribution in [-0.2, 0) is 13.6 Å². The molecule has 23 heavy (non-hydrogen) atoms. The summed E-state index contributed by atoms with van der Waals surface area (Å²) in [6.07, 6.45) is 2.03. The number of hydrogen-bond donors (Lipinski definition) is 2. The molecule has 0 aliphatic rings. The number of hydrogen-bond acceptors (Lipinski definition) is 4. The highest BCUT2D eigenvalue weighted by atomic mass is 16.5. The van der Waals surface area contributed by atoms with Gasteiger partial charge in [-0.3, -0.25) is 5.10 Å². The highest BCUT2D eigenvalue weighted by molar-refractivity contribution is 6.11. The van der Waals surface area contributed by atoms with Crippen LogP contribution in [0, 0.1) is 0 Å². The van der Waals surface area contributed by atoms with Gasteiger partial charge in [-0.15, -0.1) is 5.10 Å². The predicted octanol–water partition coefficient (Wildman–Crippen LogP) is 3.07. The average Bonchev–Trinajstić information content (AvgIpc) is 3.19. The number of fused-ring (bicyclic) bond motifs is 3. The molecule has 0 saturated carbocycles. The summed E-state index contributed by atoms with van der Waals surface area (Å²) in [5.74, 6) is 1.36. The standard InChI is InChI=1S/C17H17N5O/c1-22-9-5-6-11(22)10-18-16-15-14(17(23-2)21-20-15)12-7-3-4-8-13(12)19-16/h3-9H,10H2,1-2H3,(H,18,19)(H,20,21). The minimum Gasteiger partial charge on any atom is -0.479 e. The maximum absolute atomic E-state index is 5.40. The first-order chi connectivity index (χ1) is 11.3. The van der Waals surface area contributed by atoms with Gasteiger partial charge in [-0.25, -0.2) is 4.98 Å². The van der Waals surface area contributed by atoms with Gasteiger partial charge in [0.1, 0.15) is 5.52 Å². The monoisotopic (exact) mass is 307 g/mol. The van der Waals surface area contributed by atoms with E-state index in [-0.39, 0.29) is 0 Å². The molecule has 4 aromatic rings. The second-order valence-corrected chi connectivity index (χ2v) is 5.42. The molecule has 0 saturated heterocycles. The topological polar surface area (TPSA) is 67.8 Å². The first-order valence-electron chi connectivity index (χ1n) is 7.43. The first kappa shape index (κ1) is 13.6. The zero-order valence-electron chi connectivity index (χ0n) is 13.0. The molecule has 3 aromatic heterocycles. The van der Waals surface area contributed by atoms with Crippen LogP contribution in [0.4, 0.5) is 5.82 Å². The van der Waals surface area contributed by atoms with Crippen molar-refractivity contribution in [1.82, 2.24) is 19.7 Å². The molecule has 0 aliphatic carbocycles. The smallest absolute Gasteiger partial charge is 0.241 e. The fraction of sp³-hybridized carbons (Fsp3) is 0.176. The third kappa shape index (κ3) is 2.19. The minimum atomic E-state index is 0.584. The predicted molar refractivity (Wildman–Crippen MR) is 90.7 cm³/mol. The number of aromatic nitrogens is 4. The molecule has 0 amide bonds. The Balaban J connectivity index is 1.84. The highest BCUT2D eigenvalue weighted by Crippen LogP contribution is 2.33. The van der Waals surface area contributed by atoms with Gasteiger partial charge in [-0.1, -0.05) is 18.2 Å². The van der Waals surface area contributed by atoms with Crippen molar-refractivity contribution < 1.29 is 4.74 Å². The number of anilines is 1. The van der Waals surface area contributed by atoms with Crippen LogP contribution in [0.1, 0.15) is 5.69 Å². The number of nitrogens with zero attached hydrogens (tertiary/aromatic N) is 3. The van der Waals surface area contributed by atoms with Crippen molar-refractivity contribution in [3.63, 3.8) is 0 Å². The molecule has 0 radical (unpaired) electrons. The third-order valence-corrected chi connectivity index (χ3v) is 4.06. The molecule has 0 aliphatic heterocycles. The van der Waals surface area contributed by atoms with Gasteiger partial charge in [0.2, 0.25) is 5.88 Å². The van der Waals surface area contributed by atoms with Crippen molar-refractivity contribution in [2.75, 3.05) is 12.4 Å². The molecule has 6 nitrogen and oxygen atoms in total. The van der Waals surface area contributed by atoms with Crippen LogP contribution < -0.4 is 10.1 Å². The van der Waals surface area contributed by atoms with E-state index < -0.39 is 0 Å². The summed E-state index contributed by atoms with van der Waals surface area (Å²) in [6.45, 7) is 0.686. The van der Waals surface area contributed by atoms with E-state index in [1.165, 1.54) is 5.69 Å². The Morgan fingerprint density at radius 2 is 2.09 bits per heavy atom. The second-order valence-electron chi connectivity index (χ2n) is 5.42. The van der Waals surface area contributed by atoms with Crippen LogP contribution in [0.5, 0.6) is 5.88 Å². The van der Waals surface area contributed by atoms with Crippen LogP contribution in [0.3, 0.4) is 0 Å². The van der Waals surface area contributed by atoms with Crippen molar-refractivity contribution >= 4 is 27.6 Å². The van der Waals surface area contributed by atoms with Gasteiger partial charge in [0.05, 0.1) is 24.6 Å². The van der Waals surface area contributed by atoms with Gasteiger partial charge in [0.25, 0.3) is 0 Å². The Bertz CT molecular complexity index is 985. The quantitative estimate of drug-likeness (QED) is 0.608. The number of ether oxygens (including phenoxy) is 1. The molecular weight excluding hydrogens is 290 g/mol. The lowest BCUT2D eigenvalue weighted by atomic mass is 10.1. The van der Waals surface area contributed by atoms with E-state index in [0.29, 0.717) is 12.4 Å². The van der Waals surface area contributed by atoms with Gasteiger partial charge in [0, 0.05) is 24.3 Å². The van der Waals surface area contributed by atoms with Crippen LogP contribution in [-0.4, -0.2) is 26.9 Å². The molecule has 0 fully saturated rings. The number of aromatic amines is 1. The number of pyridine rings is 1. The Kier molecular flexibility index (Phi) is 3.15. The number of benzene rings is 1. The molecule has 1 aromatic carbocycles. The largest absolute Gasteiger partial charge is 0.479 e. The lowest BCUT2D eigenvalue weighted by Crippen LogP contribution is -2.06. The molecule has 0 bridgehead atoms.